The highest BCUT2D eigenvalue weighted by molar-refractivity contribution is 5.82. The molecule has 0 aromatic heterocycles. The van der Waals surface area contributed by atoms with Gasteiger partial charge in [-0.1, -0.05) is 0 Å². The number of nitrogens with one attached hydrogen (secondary N) is 1. The van der Waals surface area contributed by atoms with Crippen LogP contribution in [0.5, 0.6) is 0 Å². The van der Waals surface area contributed by atoms with Crippen molar-refractivity contribution in [3.05, 3.63) is 0 Å². The fraction of sp³-hybridized carbons (Fsp3) is 0.889. The predicted octanol–water partition coefficient (Wildman–Crippen LogP) is -0.632. The molecule has 1 heterocycles. The summed E-state index contributed by atoms with van der Waals surface area (Å²) >= 11 is 0. The molecule has 4 nitrogen and oxygen atoms in total. The molecule has 0 radical (unpaired) electrons. The molecule has 1 amide bonds. The first-order valence-corrected chi connectivity index (χ1v) is 4.84. The van der Waals surface area contributed by atoms with Gasteiger partial charge in [0.15, 0.2) is 0 Å². The van der Waals surface area contributed by atoms with Gasteiger partial charge in [0.2, 0.25) is 5.91 Å². The minimum Gasteiger partial charge on any atom is -0.340 e. The largest absolute Gasteiger partial charge is 0.340 e. The molecular formula is C9H19N3O. The number of likely N-dealkylation sites (N-methyl/N-ethyl adjacent to an activating group) is 3. The molecule has 1 N–H and O–H groups in total. The highest BCUT2D eigenvalue weighted by atomic mass is 16.2. The zero-order chi connectivity index (χ0) is 9.84. The maximum absolute atomic E-state index is 11.8. The van der Waals surface area contributed by atoms with Crippen molar-refractivity contribution in [3.8, 4) is 0 Å². The summed E-state index contributed by atoms with van der Waals surface area (Å²) in [4.78, 5) is 15.8. The molecule has 1 aliphatic rings. The molecular weight excluding hydrogens is 166 g/mol. The molecule has 4 heteroatoms. The van der Waals surface area contributed by atoms with Crippen molar-refractivity contribution < 1.29 is 4.79 Å². The second-order valence-corrected chi connectivity index (χ2v) is 3.47. The first-order chi connectivity index (χ1) is 6.20. The molecule has 1 fully saturated rings. The van der Waals surface area contributed by atoms with Crippen LogP contribution in [0.4, 0.5) is 0 Å². The fourth-order valence-corrected chi connectivity index (χ4v) is 1.69. The maximum atomic E-state index is 11.8. The molecule has 1 unspecified atom stereocenters. The molecule has 1 rings (SSSR count). The lowest BCUT2D eigenvalue weighted by atomic mass is 10.1. The summed E-state index contributed by atoms with van der Waals surface area (Å²) in [6.45, 7) is 5.44. The standard InChI is InChI=1S/C9H19N3O/c1-4-12-6-5-11(3)8(7-10-2)9(12)13/h8,10H,4-7H2,1-3H3. The Labute approximate surface area is 79.9 Å². The third kappa shape index (κ3) is 2.19. The van der Waals surface area contributed by atoms with E-state index < -0.39 is 0 Å². The smallest absolute Gasteiger partial charge is 0.241 e. The van der Waals surface area contributed by atoms with Crippen LogP contribution >= 0.6 is 0 Å². The van der Waals surface area contributed by atoms with Gasteiger partial charge in [0.05, 0.1) is 0 Å². The number of carbonyl (C=O) groups excluding carboxylic acids is 1. The van der Waals surface area contributed by atoms with E-state index in [-0.39, 0.29) is 11.9 Å². The minimum absolute atomic E-state index is 0.0266. The lowest BCUT2D eigenvalue weighted by Gasteiger charge is -2.38. The molecule has 76 valence electrons. The Morgan fingerprint density at radius 2 is 2.23 bits per heavy atom. The second-order valence-electron chi connectivity index (χ2n) is 3.47. The van der Waals surface area contributed by atoms with E-state index >= 15 is 0 Å². The van der Waals surface area contributed by atoms with Crippen molar-refractivity contribution in [3.63, 3.8) is 0 Å². The Morgan fingerprint density at radius 3 is 2.77 bits per heavy atom. The van der Waals surface area contributed by atoms with E-state index in [1.54, 1.807) is 0 Å². The molecule has 1 saturated heterocycles. The number of carbonyl (C=O) groups is 1. The van der Waals surface area contributed by atoms with Crippen LogP contribution in [0.15, 0.2) is 0 Å². The third-order valence-corrected chi connectivity index (χ3v) is 2.63. The molecule has 0 saturated carbocycles. The van der Waals surface area contributed by atoms with Gasteiger partial charge in [0.25, 0.3) is 0 Å². The summed E-state index contributed by atoms with van der Waals surface area (Å²) in [6, 6.07) is 0.0266. The highest BCUT2D eigenvalue weighted by Crippen LogP contribution is 2.08. The van der Waals surface area contributed by atoms with E-state index in [4.69, 9.17) is 0 Å². The van der Waals surface area contributed by atoms with E-state index in [1.165, 1.54) is 0 Å². The van der Waals surface area contributed by atoms with Gasteiger partial charge in [-0.3, -0.25) is 9.69 Å². The van der Waals surface area contributed by atoms with Gasteiger partial charge in [0, 0.05) is 26.2 Å². The Balaban J connectivity index is 2.60. The average Bonchev–Trinajstić information content (AvgIpc) is 2.12. The van der Waals surface area contributed by atoms with Gasteiger partial charge in [-0.2, -0.15) is 0 Å². The molecule has 0 spiro atoms. The Bertz CT molecular complexity index is 184. The molecule has 1 atom stereocenters. The minimum atomic E-state index is 0.0266. The van der Waals surface area contributed by atoms with E-state index in [1.807, 2.05) is 25.9 Å². The van der Waals surface area contributed by atoms with Gasteiger partial charge in [-0.15, -0.1) is 0 Å². The third-order valence-electron chi connectivity index (χ3n) is 2.63. The van der Waals surface area contributed by atoms with Crippen molar-refractivity contribution in [2.24, 2.45) is 0 Å². The molecule has 0 aliphatic carbocycles. The monoisotopic (exact) mass is 185 g/mol. The average molecular weight is 185 g/mol. The zero-order valence-corrected chi connectivity index (χ0v) is 8.71. The fourth-order valence-electron chi connectivity index (χ4n) is 1.69. The summed E-state index contributed by atoms with van der Waals surface area (Å²) in [5.74, 6) is 0.255. The topological polar surface area (TPSA) is 35.6 Å². The van der Waals surface area contributed by atoms with E-state index in [2.05, 4.69) is 10.2 Å². The van der Waals surface area contributed by atoms with Crippen LogP contribution in [0.3, 0.4) is 0 Å². The van der Waals surface area contributed by atoms with Gasteiger partial charge in [-0.05, 0) is 21.0 Å². The van der Waals surface area contributed by atoms with E-state index in [0.717, 1.165) is 26.2 Å². The van der Waals surface area contributed by atoms with Crippen LogP contribution in [0, 0.1) is 0 Å². The number of nitrogens with zero attached hydrogens (tertiary/aromatic N) is 2. The van der Waals surface area contributed by atoms with E-state index in [9.17, 15) is 4.79 Å². The first kappa shape index (κ1) is 10.5. The highest BCUT2D eigenvalue weighted by Gasteiger charge is 2.30. The molecule has 0 aromatic rings. The summed E-state index contributed by atoms with van der Waals surface area (Å²) in [5.41, 5.74) is 0. The number of hydrogen-bond donors (Lipinski definition) is 1. The lowest BCUT2D eigenvalue weighted by molar-refractivity contribution is -0.140. The van der Waals surface area contributed by atoms with Gasteiger partial charge in [0.1, 0.15) is 6.04 Å². The quantitative estimate of drug-likeness (QED) is 0.636. The second kappa shape index (κ2) is 4.58. The first-order valence-electron chi connectivity index (χ1n) is 4.84. The maximum Gasteiger partial charge on any atom is 0.241 e. The van der Waals surface area contributed by atoms with Crippen LogP contribution in [-0.4, -0.2) is 62.0 Å². The number of amides is 1. The summed E-state index contributed by atoms with van der Waals surface area (Å²) in [7, 11) is 3.89. The summed E-state index contributed by atoms with van der Waals surface area (Å²) in [6.07, 6.45) is 0. The van der Waals surface area contributed by atoms with Crippen molar-refractivity contribution in [2.75, 3.05) is 40.3 Å². The normalized spacial score (nSPS) is 25.3. The Morgan fingerprint density at radius 1 is 1.54 bits per heavy atom. The van der Waals surface area contributed by atoms with Crippen LogP contribution in [0.25, 0.3) is 0 Å². The molecule has 0 aromatic carbocycles. The van der Waals surface area contributed by atoms with Crippen LogP contribution in [0.2, 0.25) is 0 Å². The zero-order valence-electron chi connectivity index (χ0n) is 8.71. The van der Waals surface area contributed by atoms with E-state index in [0.29, 0.717) is 0 Å². The van der Waals surface area contributed by atoms with Gasteiger partial charge < -0.3 is 10.2 Å². The van der Waals surface area contributed by atoms with Crippen LogP contribution < -0.4 is 5.32 Å². The van der Waals surface area contributed by atoms with Crippen molar-refractivity contribution >= 4 is 5.91 Å². The van der Waals surface area contributed by atoms with Crippen molar-refractivity contribution in [2.45, 2.75) is 13.0 Å². The summed E-state index contributed by atoms with van der Waals surface area (Å²) < 4.78 is 0. The molecule has 1 aliphatic heterocycles. The predicted molar refractivity (Wildman–Crippen MR) is 52.6 cm³/mol. The number of piperazine rings is 1. The van der Waals surface area contributed by atoms with Crippen LogP contribution in [0.1, 0.15) is 6.92 Å². The SMILES string of the molecule is CCN1CCN(C)C(CNC)C1=O. The lowest BCUT2D eigenvalue weighted by Crippen LogP contribution is -2.58. The van der Waals surface area contributed by atoms with Crippen LogP contribution in [-0.2, 0) is 4.79 Å². The molecule has 13 heavy (non-hydrogen) atoms. The Hall–Kier alpha value is -0.610. The van der Waals surface area contributed by atoms with Crippen molar-refractivity contribution in [1.82, 2.24) is 15.1 Å². The number of hydrogen-bond acceptors (Lipinski definition) is 3. The summed E-state index contributed by atoms with van der Waals surface area (Å²) in [5, 5.41) is 3.05. The van der Waals surface area contributed by atoms with Gasteiger partial charge in [-0.25, -0.2) is 0 Å². The van der Waals surface area contributed by atoms with Gasteiger partial charge >= 0.3 is 0 Å². The van der Waals surface area contributed by atoms with Crippen molar-refractivity contribution in [1.29, 1.82) is 0 Å². The number of rotatable bonds is 3. The molecule has 0 bridgehead atoms. The Kier molecular flexibility index (Phi) is 3.69.